The molecule has 512 valence electrons. The van der Waals surface area contributed by atoms with Crippen molar-refractivity contribution < 1.29 is 80.2 Å². The lowest BCUT2D eigenvalue weighted by molar-refractivity contribution is -0.161. The van der Waals surface area contributed by atoms with Crippen molar-refractivity contribution in [2.75, 3.05) is 39.6 Å². The zero-order valence-corrected chi connectivity index (χ0v) is 57.6. The van der Waals surface area contributed by atoms with Crippen LogP contribution < -0.4 is 0 Å². The second kappa shape index (κ2) is 59.8. The highest BCUT2D eigenvalue weighted by molar-refractivity contribution is 7.47. The number of rotatable bonds is 65. The first kappa shape index (κ1) is 84.5. The van der Waals surface area contributed by atoms with E-state index in [1.165, 1.54) is 116 Å². The number of hydrogen-bond donors (Lipinski definition) is 3. The van der Waals surface area contributed by atoms with Gasteiger partial charge in [-0.1, -0.05) is 265 Å². The molecule has 0 radical (unpaired) electrons. The largest absolute Gasteiger partial charge is 0.472 e. The molecule has 0 spiro atoms. The highest BCUT2D eigenvalue weighted by Gasteiger charge is 2.30. The number of phosphoric acid groups is 2. The van der Waals surface area contributed by atoms with Gasteiger partial charge in [-0.05, 0) is 63.2 Å². The molecule has 0 amide bonds. The first-order valence-electron chi connectivity index (χ1n) is 34.8. The van der Waals surface area contributed by atoms with Crippen LogP contribution in [0.15, 0.2) is 24.3 Å². The van der Waals surface area contributed by atoms with Gasteiger partial charge in [0.15, 0.2) is 12.2 Å². The van der Waals surface area contributed by atoms with Gasteiger partial charge in [0.05, 0.1) is 26.4 Å². The third-order valence-electron chi connectivity index (χ3n) is 15.1. The molecular formula is C68H128O17P2. The first-order chi connectivity index (χ1) is 41.9. The predicted molar refractivity (Wildman–Crippen MR) is 349 cm³/mol. The van der Waals surface area contributed by atoms with Crippen LogP contribution in [-0.2, 0) is 65.4 Å². The van der Waals surface area contributed by atoms with Gasteiger partial charge in [-0.3, -0.25) is 37.3 Å². The molecule has 0 aromatic heterocycles. The lowest BCUT2D eigenvalue weighted by atomic mass is 10.0. The fourth-order valence-electron chi connectivity index (χ4n) is 9.70. The standard InChI is InChI=1S/C68H128O17P2/c1-7-9-11-13-15-17-19-21-22-23-25-27-33-40-46-52-67(72)84-63(56-78-65(70)50-44-38-32-26-24-20-18-16-14-12-10-8-2)58-82-86(74,75)80-54-62(69)55-81-87(76,77)83-59-64(85-68(73)53-47-41-35-29-31-37-43-49-61(5)6)57-79-66(71)51-45-39-34-28-30-36-42-48-60(3)4/h17,19,21-22,60-64,69H,7-16,18,20,23-59H2,1-6H3,(H,74,75)(H,76,77)/b19-17-,22-21-/t62-,63-,64-/m1/s1. The number of esters is 4. The number of aliphatic hydroxyl groups excluding tert-OH is 1. The predicted octanol–water partition coefficient (Wildman–Crippen LogP) is 18.8. The highest BCUT2D eigenvalue weighted by atomic mass is 31.2. The summed E-state index contributed by atoms with van der Waals surface area (Å²) in [6, 6.07) is 0. The average molecular weight is 1280 g/mol. The molecular weight excluding hydrogens is 1150 g/mol. The van der Waals surface area contributed by atoms with Crippen LogP contribution in [0.3, 0.4) is 0 Å². The number of ether oxygens (including phenoxy) is 4. The Labute approximate surface area is 529 Å². The van der Waals surface area contributed by atoms with Gasteiger partial charge in [0.25, 0.3) is 0 Å². The lowest BCUT2D eigenvalue weighted by Gasteiger charge is -2.21. The summed E-state index contributed by atoms with van der Waals surface area (Å²) in [5.74, 6) is -0.764. The van der Waals surface area contributed by atoms with Crippen LogP contribution in [0, 0.1) is 11.8 Å². The van der Waals surface area contributed by atoms with Gasteiger partial charge < -0.3 is 33.8 Å². The molecule has 5 atom stereocenters. The maximum atomic E-state index is 13.0. The van der Waals surface area contributed by atoms with Gasteiger partial charge in [-0.2, -0.15) is 0 Å². The molecule has 87 heavy (non-hydrogen) atoms. The average Bonchev–Trinajstić information content (AvgIpc) is 3.65. The van der Waals surface area contributed by atoms with Crippen LogP contribution in [0.5, 0.6) is 0 Å². The Morgan fingerprint density at radius 2 is 0.621 bits per heavy atom. The summed E-state index contributed by atoms with van der Waals surface area (Å²) < 4.78 is 68.1. The molecule has 0 saturated carbocycles. The summed E-state index contributed by atoms with van der Waals surface area (Å²) in [4.78, 5) is 72.4. The normalized spacial score (nSPS) is 14.4. The van der Waals surface area contributed by atoms with E-state index < -0.39 is 97.5 Å². The van der Waals surface area contributed by atoms with Crippen LogP contribution in [-0.4, -0.2) is 96.7 Å². The minimum Gasteiger partial charge on any atom is -0.462 e. The molecule has 0 bridgehead atoms. The molecule has 0 saturated heterocycles. The third kappa shape index (κ3) is 62.1. The molecule has 0 rings (SSSR count). The molecule has 17 nitrogen and oxygen atoms in total. The van der Waals surface area contributed by atoms with Crippen molar-refractivity contribution in [2.24, 2.45) is 11.8 Å². The quantitative estimate of drug-likeness (QED) is 0.0169. The van der Waals surface area contributed by atoms with E-state index in [4.69, 9.17) is 37.0 Å². The number of carbonyl (C=O) groups excluding carboxylic acids is 4. The minimum absolute atomic E-state index is 0.0848. The molecule has 0 aromatic carbocycles. The number of aliphatic hydroxyl groups is 1. The SMILES string of the molecule is CCCCCC/C=C\C=C/CCCCCCCC(=O)O[C@H](COC(=O)CCCCCCCCCCCCCC)COP(=O)(O)OC[C@@H](O)COP(=O)(O)OC[C@@H](COC(=O)CCCCCCCCCC(C)C)OC(=O)CCCCCCCCCC(C)C. The first-order valence-corrected chi connectivity index (χ1v) is 37.8. The summed E-state index contributed by atoms with van der Waals surface area (Å²) in [5, 5.41) is 10.6. The molecule has 0 fully saturated rings. The van der Waals surface area contributed by atoms with E-state index in [1.54, 1.807) is 0 Å². The van der Waals surface area contributed by atoms with Gasteiger partial charge in [-0.15, -0.1) is 0 Å². The number of carbonyl (C=O) groups is 4. The molecule has 0 aliphatic carbocycles. The maximum Gasteiger partial charge on any atom is 0.472 e. The van der Waals surface area contributed by atoms with Crippen molar-refractivity contribution in [3.63, 3.8) is 0 Å². The monoisotopic (exact) mass is 1280 g/mol. The van der Waals surface area contributed by atoms with Crippen molar-refractivity contribution in [2.45, 2.75) is 336 Å². The van der Waals surface area contributed by atoms with Gasteiger partial charge >= 0.3 is 39.5 Å². The molecule has 3 N–H and O–H groups in total. The fourth-order valence-corrected chi connectivity index (χ4v) is 11.3. The van der Waals surface area contributed by atoms with Crippen LogP contribution >= 0.6 is 15.6 Å². The Kier molecular flexibility index (Phi) is 58.1. The lowest BCUT2D eigenvalue weighted by Crippen LogP contribution is -2.30. The Hall–Kier alpha value is -2.46. The van der Waals surface area contributed by atoms with Crippen molar-refractivity contribution >= 4 is 39.5 Å². The van der Waals surface area contributed by atoms with E-state index in [2.05, 4.69) is 65.8 Å². The fraction of sp³-hybridized carbons (Fsp3) is 0.882. The summed E-state index contributed by atoms with van der Waals surface area (Å²) in [5.41, 5.74) is 0. The Morgan fingerprint density at radius 1 is 0.356 bits per heavy atom. The van der Waals surface area contributed by atoms with Gasteiger partial charge in [0.2, 0.25) is 0 Å². The van der Waals surface area contributed by atoms with Gasteiger partial charge in [0, 0.05) is 25.7 Å². The van der Waals surface area contributed by atoms with Crippen molar-refractivity contribution in [1.29, 1.82) is 0 Å². The molecule has 0 aliphatic rings. The molecule has 19 heteroatoms. The summed E-state index contributed by atoms with van der Waals surface area (Å²) in [6.07, 6.45) is 46.8. The van der Waals surface area contributed by atoms with Crippen LogP contribution in [0.1, 0.15) is 318 Å². The minimum atomic E-state index is -4.96. The van der Waals surface area contributed by atoms with Crippen molar-refractivity contribution in [3.8, 4) is 0 Å². The second-order valence-corrected chi connectivity index (χ2v) is 27.7. The summed E-state index contributed by atoms with van der Waals surface area (Å²) in [6.45, 7) is 9.34. The van der Waals surface area contributed by atoms with Crippen molar-refractivity contribution in [3.05, 3.63) is 24.3 Å². The number of phosphoric ester groups is 2. The van der Waals surface area contributed by atoms with E-state index in [0.717, 1.165) is 109 Å². The van der Waals surface area contributed by atoms with E-state index in [1.807, 2.05) is 0 Å². The van der Waals surface area contributed by atoms with E-state index >= 15 is 0 Å². The van der Waals surface area contributed by atoms with E-state index in [0.29, 0.717) is 37.5 Å². The Morgan fingerprint density at radius 3 is 0.943 bits per heavy atom. The van der Waals surface area contributed by atoms with E-state index in [-0.39, 0.29) is 25.7 Å². The summed E-state index contributed by atoms with van der Waals surface area (Å²) >= 11 is 0. The van der Waals surface area contributed by atoms with Gasteiger partial charge in [0.1, 0.15) is 19.3 Å². The molecule has 2 unspecified atom stereocenters. The second-order valence-electron chi connectivity index (χ2n) is 24.8. The number of unbranched alkanes of at least 4 members (excludes halogenated alkanes) is 32. The Bertz CT molecular complexity index is 1790. The smallest absolute Gasteiger partial charge is 0.462 e. The number of hydrogen-bond acceptors (Lipinski definition) is 15. The van der Waals surface area contributed by atoms with Crippen molar-refractivity contribution in [1.82, 2.24) is 0 Å². The molecule has 0 aliphatic heterocycles. The highest BCUT2D eigenvalue weighted by Crippen LogP contribution is 2.45. The third-order valence-corrected chi connectivity index (χ3v) is 17.0. The number of allylic oxidation sites excluding steroid dienone is 4. The topological polar surface area (TPSA) is 237 Å². The molecule has 0 heterocycles. The van der Waals surface area contributed by atoms with Crippen LogP contribution in [0.2, 0.25) is 0 Å². The zero-order chi connectivity index (χ0) is 64.3. The summed E-state index contributed by atoms with van der Waals surface area (Å²) in [7, 11) is -9.91. The molecule has 0 aromatic rings. The van der Waals surface area contributed by atoms with Crippen LogP contribution in [0.4, 0.5) is 0 Å². The van der Waals surface area contributed by atoms with Crippen LogP contribution in [0.25, 0.3) is 0 Å². The Balaban J connectivity index is 5.28. The van der Waals surface area contributed by atoms with Gasteiger partial charge in [-0.25, -0.2) is 9.13 Å². The zero-order valence-electron chi connectivity index (χ0n) is 55.8. The maximum absolute atomic E-state index is 13.0. The van der Waals surface area contributed by atoms with E-state index in [9.17, 15) is 43.2 Å².